The fraction of sp³-hybridized carbons (Fsp3) is 0.250. The van der Waals surface area contributed by atoms with E-state index < -0.39 is 29.7 Å². The molecule has 2 atom stereocenters. The molecule has 1 aliphatic rings. The smallest absolute Gasteiger partial charge is 0.320 e. The van der Waals surface area contributed by atoms with Gasteiger partial charge < -0.3 is 9.47 Å². The van der Waals surface area contributed by atoms with Crippen LogP contribution >= 0.6 is 0 Å². The quantitative estimate of drug-likeness (QED) is 0.222. The summed E-state index contributed by atoms with van der Waals surface area (Å²) in [5.41, 5.74) is 3.15. The first-order valence-electron chi connectivity index (χ1n) is 12.9. The molecule has 3 aromatic carbocycles. The fourth-order valence-corrected chi connectivity index (χ4v) is 5.21. The summed E-state index contributed by atoms with van der Waals surface area (Å²) in [4.78, 5) is 44.9. The topological polar surface area (TPSA) is 82.6 Å². The monoisotopic (exact) mass is 507 g/mol. The van der Waals surface area contributed by atoms with Crippen molar-refractivity contribution in [2.75, 3.05) is 0 Å². The van der Waals surface area contributed by atoms with Crippen molar-refractivity contribution in [1.29, 1.82) is 0 Å². The number of ketones is 1. The van der Waals surface area contributed by atoms with Gasteiger partial charge in [0.1, 0.15) is 19.0 Å². The number of ether oxygens (including phenoxy) is 2. The van der Waals surface area contributed by atoms with Crippen molar-refractivity contribution < 1.29 is 23.9 Å². The molecule has 0 amide bonds. The molecule has 0 radical (unpaired) electrons. The summed E-state index contributed by atoms with van der Waals surface area (Å²) < 4.78 is 11.3. The molecule has 1 heterocycles. The van der Waals surface area contributed by atoms with E-state index in [1.807, 2.05) is 91.0 Å². The third kappa shape index (κ3) is 5.80. The van der Waals surface area contributed by atoms with Crippen molar-refractivity contribution in [3.05, 3.63) is 114 Å². The number of rotatable bonds is 8. The lowest BCUT2D eigenvalue weighted by molar-refractivity contribution is -0.167. The highest BCUT2D eigenvalue weighted by atomic mass is 16.6. The van der Waals surface area contributed by atoms with Crippen molar-refractivity contribution in [3.63, 3.8) is 0 Å². The standard InChI is InChI=1S/C32H29NO5/c34-28-17-9-15-26(29(28)25-18-24-14-7-8-16-27(24)33-19-25)30(31(35)37-20-22-10-3-1-4-11-22)32(36)38-21-23-12-5-2-6-13-23/h1-8,10-14,16,18-19,26,29-30H,9,15,17,20-21H2/t26-,29+/m1/s1. The van der Waals surface area contributed by atoms with Crippen molar-refractivity contribution in [1.82, 2.24) is 4.98 Å². The molecule has 0 bridgehead atoms. The van der Waals surface area contributed by atoms with Gasteiger partial charge in [0.05, 0.1) is 5.52 Å². The summed E-state index contributed by atoms with van der Waals surface area (Å²) in [5.74, 6) is -3.83. The van der Waals surface area contributed by atoms with Gasteiger partial charge in [0, 0.05) is 23.9 Å². The van der Waals surface area contributed by atoms with Gasteiger partial charge in [-0.3, -0.25) is 19.4 Å². The number of esters is 2. The van der Waals surface area contributed by atoms with Crippen LogP contribution in [0.5, 0.6) is 0 Å². The van der Waals surface area contributed by atoms with Crippen LogP contribution in [-0.2, 0) is 37.1 Å². The van der Waals surface area contributed by atoms with Crippen molar-refractivity contribution in [2.24, 2.45) is 11.8 Å². The maximum atomic E-state index is 13.5. The summed E-state index contributed by atoms with van der Waals surface area (Å²) in [6.07, 6.45) is 3.19. The molecular formula is C32H29NO5. The van der Waals surface area contributed by atoms with Crippen LogP contribution < -0.4 is 0 Å². The first-order valence-corrected chi connectivity index (χ1v) is 12.9. The lowest BCUT2D eigenvalue weighted by atomic mass is 9.69. The van der Waals surface area contributed by atoms with Gasteiger partial charge in [-0.15, -0.1) is 0 Å². The van der Waals surface area contributed by atoms with Crippen LogP contribution in [0.25, 0.3) is 10.9 Å². The molecule has 192 valence electrons. The molecule has 1 fully saturated rings. The molecule has 0 spiro atoms. The van der Waals surface area contributed by atoms with Gasteiger partial charge in [0.15, 0.2) is 5.92 Å². The van der Waals surface area contributed by atoms with Gasteiger partial charge in [0.2, 0.25) is 0 Å². The van der Waals surface area contributed by atoms with Gasteiger partial charge in [-0.2, -0.15) is 0 Å². The molecule has 6 heteroatoms. The molecule has 38 heavy (non-hydrogen) atoms. The number of para-hydroxylation sites is 1. The minimum atomic E-state index is -1.23. The minimum Gasteiger partial charge on any atom is -0.460 e. The number of fused-ring (bicyclic) bond motifs is 1. The van der Waals surface area contributed by atoms with Crippen molar-refractivity contribution in [3.8, 4) is 0 Å². The Morgan fingerprint density at radius 2 is 1.39 bits per heavy atom. The Kier molecular flexibility index (Phi) is 7.88. The minimum absolute atomic E-state index is 0.00458. The predicted molar refractivity (Wildman–Crippen MR) is 143 cm³/mol. The zero-order chi connectivity index (χ0) is 26.3. The molecule has 1 aromatic heterocycles. The van der Waals surface area contributed by atoms with Gasteiger partial charge >= 0.3 is 11.9 Å². The average Bonchev–Trinajstić information content (AvgIpc) is 2.96. The van der Waals surface area contributed by atoms with Crippen LogP contribution in [0.15, 0.2) is 97.2 Å². The van der Waals surface area contributed by atoms with Crippen molar-refractivity contribution >= 4 is 28.6 Å². The zero-order valence-corrected chi connectivity index (χ0v) is 21.0. The number of pyridine rings is 1. The number of carbonyl (C=O) groups excluding carboxylic acids is 3. The third-order valence-corrected chi connectivity index (χ3v) is 7.09. The number of benzene rings is 3. The van der Waals surface area contributed by atoms with E-state index in [4.69, 9.17) is 9.47 Å². The Morgan fingerprint density at radius 3 is 2.03 bits per heavy atom. The fourth-order valence-electron chi connectivity index (χ4n) is 5.21. The maximum absolute atomic E-state index is 13.5. The molecule has 4 aromatic rings. The summed E-state index contributed by atoms with van der Waals surface area (Å²) in [6, 6.07) is 28.2. The Hall–Kier alpha value is -4.32. The second-order valence-electron chi connectivity index (χ2n) is 9.63. The van der Waals surface area contributed by atoms with Crippen LogP contribution in [-0.4, -0.2) is 22.7 Å². The normalized spacial score (nSPS) is 17.3. The summed E-state index contributed by atoms with van der Waals surface area (Å²) >= 11 is 0. The average molecular weight is 508 g/mol. The molecule has 5 rings (SSSR count). The summed E-state index contributed by atoms with van der Waals surface area (Å²) in [6.45, 7) is 0.0655. The van der Waals surface area contributed by atoms with E-state index in [2.05, 4.69) is 4.98 Å². The SMILES string of the molecule is O=C(OCc1ccccc1)C(C(=O)OCc1ccccc1)[C@@H]1CCCC(=O)[C@H]1c1cnc2ccccc2c1. The van der Waals surface area contributed by atoms with Crippen LogP contribution in [0, 0.1) is 11.8 Å². The summed E-state index contributed by atoms with van der Waals surface area (Å²) in [5, 5.41) is 0.900. The zero-order valence-electron chi connectivity index (χ0n) is 21.0. The van der Waals surface area contributed by atoms with E-state index in [-0.39, 0.29) is 19.0 Å². The highest BCUT2D eigenvalue weighted by molar-refractivity contribution is 5.97. The maximum Gasteiger partial charge on any atom is 0.320 e. The van der Waals surface area contributed by atoms with Gasteiger partial charge in [-0.1, -0.05) is 78.9 Å². The second-order valence-corrected chi connectivity index (χ2v) is 9.63. The third-order valence-electron chi connectivity index (χ3n) is 7.09. The highest BCUT2D eigenvalue weighted by Gasteiger charge is 2.46. The number of nitrogens with zero attached hydrogens (tertiary/aromatic N) is 1. The molecular weight excluding hydrogens is 478 g/mol. The molecule has 1 saturated carbocycles. The molecule has 0 N–H and O–H groups in total. The molecule has 6 nitrogen and oxygen atoms in total. The number of carbonyl (C=O) groups is 3. The van der Waals surface area contributed by atoms with Crippen LogP contribution in [0.1, 0.15) is 41.9 Å². The Bertz CT molecular complexity index is 1360. The molecule has 0 aliphatic heterocycles. The van der Waals surface area contributed by atoms with Gasteiger partial charge in [-0.05, 0) is 47.6 Å². The van der Waals surface area contributed by atoms with Gasteiger partial charge in [-0.25, -0.2) is 0 Å². The number of aromatic nitrogens is 1. The van der Waals surface area contributed by atoms with Crippen molar-refractivity contribution in [2.45, 2.75) is 38.4 Å². The van der Waals surface area contributed by atoms with Crippen LogP contribution in [0.3, 0.4) is 0 Å². The molecule has 1 aliphatic carbocycles. The van der Waals surface area contributed by atoms with E-state index in [0.717, 1.165) is 22.0 Å². The second kappa shape index (κ2) is 11.8. The van der Waals surface area contributed by atoms with Gasteiger partial charge in [0.25, 0.3) is 0 Å². The van der Waals surface area contributed by atoms with E-state index in [0.29, 0.717) is 24.8 Å². The number of hydrogen-bond acceptors (Lipinski definition) is 6. The highest BCUT2D eigenvalue weighted by Crippen LogP contribution is 2.41. The lowest BCUT2D eigenvalue weighted by Crippen LogP contribution is -2.41. The van der Waals surface area contributed by atoms with Crippen LogP contribution in [0.4, 0.5) is 0 Å². The Labute approximate surface area is 221 Å². The Morgan fingerprint density at radius 1 is 0.816 bits per heavy atom. The molecule has 0 unspecified atom stereocenters. The first-order chi connectivity index (χ1) is 18.6. The predicted octanol–water partition coefficient (Wildman–Crippen LogP) is 5.79. The van der Waals surface area contributed by atoms with E-state index >= 15 is 0 Å². The van der Waals surface area contributed by atoms with E-state index in [1.165, 1.54) is 0 Å². The number of Topliss-reactive ketones (excluding diaryl/α,β-unsaturated/α-hetero) is 1. The van der Waals surface area contributed by atoms with Crippen LogP contribution in [0.2, 0.25) is 0 Å². The van der Waals surface area contributed by atoms with E-state index in [9.17, 15) is 14.4 Å². The molecule has 0 saturated heterocycles. The largest absolute Gasteiger partial charge is 0.460 e. The number of hydrogen-bond donors (Lipinski definition) is 0. The summed E-state index contributed by atoms with van der Waals surface area (Å²) in [7, 11) is 0. The van der Waals surface area contributed by atoms with E-state index in [1.54, 1.807) is 6.20 Å². The Balaban J connectivity index is 1.45. The lowest BCUT2D eigenvalue weighted by Gasteiger charge is -2.34. The first kappa shape index (κ1) is 25.3.